The number of aryl methyl sites for hydroxylation is 2. The third-order valence-corrected chi connectivity index (χ3v) is 2.06. The Balaban J connectivity index is 2.59. The van der Waals surface area contributed by atoms with Gasteiger partial charge in [-0.2, -0.15) is 0 Å². The smallest absolute Gasteiger partial charge is 0.143 e. The van der Waals surface area contributed by atoms with Crippen molar-refractivity contribution >= 4 is 5.82 Å². The molecule has 0 aliphatic rings. The summed E-state index contributed by atoms with van der Waals surface area (Å²) in [6.07, 6.45) is 0. The van der Waals surface area contributed by atoms with Gasteiger partial charge >= 0.3 is 0 Å². The van der Waals surface area contributed by atoms with Crippen molar-refractivity contribution in [3.63, 3.8) is 0 Å². The van der Waals surface area contributed by atoms with Crippen molar-refractivity contribution in [1.82, 2.24) is 10.1 Å². The molecule has 0 atom stereocenters. The Morgan fingerprint density at radius 1 is 1.29 bits per heavy atom. The highest BCUT2D eigenvalue weighted by atomic mass is 16.5. The first-order valence-electron chi connectivity index (χ1n) is 4.34. The molecule has 0 bridgehead atoms. The summed E-state index contributed by atoms with van der Waals surface area (Å²) < 4.78 is 5.06. The second kappa shape index (κ2) is 3.14. The van der Waals surface area contributed by atoms with E-state index in [1.54, 1.807) is 6.07 Å². The van der Waals surface area contributed by atoms with Crippen molar-refractivity contribution in [2.45, 2.75) is 13.8 Å². The van der Waals surface area contributed by atoms with Gasteiger partial charge in [0.2, 0.25) is 0 Å². The third-order valence-electron chi connectivity index (χ3n) is 2.06. The van der Waals surface area contributed by atoms with Crippen LogP contribution in [0, 0.1) is 13.8 Å². The van der Waals surface area contributed by atoms with Gasteiger partial charge in [-0.15, -0.1) is 0 Å². The molecule has 2 N–H and O–H groups in total. The van der Waals surface area contributed by atoms with Crippen molar-refractivity contribution in [2.24, 2.45) is 0 Å². The fourth-order valence-corrected chi connectivity index (χ4v) is 1.44. The minimum absolute atomic E-state index is 0.502. The monoisotopic (exact) mass is 189 g/mol. The fraction of sp³-hybridized carbons (Fsp3) is 0.200. The Hall–Kier alpha value is -1.84. The number of hydrogen-bond donors (Lipinski definition) is 1. The van der Waals surface area contributed by atoms with Gasteiger partial charge in [0, 0.05) is 0 Å². The Bertz CT molecular complexity index is 443. The average molecular weight is 189 g/mol. The highest BCUT2D eigenvalue weighted by Crippen LogP contribution is 2.25. The van der Waals surface area contributed by atoms with E-state index in [0.717, 1.165) is 22.7 Å². The molecule has 4 nitrogen and oxygen atoms in total. The van der Waals surface area contributed by atoms with Crippen molar-refractivity contribution in [3.8, 4) is 11.3 Å². The zero-order valence-electron chi connectivity index (χ0n) is 8.11. The van der Waals surface area contributed by atoms with Crippen LogP contribution in [0.15, 0.2) is 22.7 Å². The molecular weight excluding hydrogens is 178 g/mol. The molecule has 0 amide bonds. The maximum absolute atomic E-state index is 5.60. The number of hydrogen-bond acceptors (Lipinski definition) is 4. The zero-order valence-corrected chi connectivity index (χ0v) is 8.11. The number of nitrogens with zero attached hydrogens (tertiary/aromatic N) is 2. The molecule has 0 fully saturated rings. The SMILES string of the molecule is Cc1noc(C)c1-c1cccc(N)n1. The minimum atomic E-state index is 0.502. The Morgan fingerprint density at radius 2 is 2.07 bits per heavy atom. The second-order valence-electron chi connectivity index (χ2n) is 3.15. The van der Waals surface area contributed by atoms with Crippen LogP contribution in [0.1, 0.15) is 11.5 Å². The number of pyridine rings is 1. The summed E-state index contributed by atoms with van der Waals surface area (Å²) in [7, 11) is 0. The quantitative estimate of drug-likeness (QED) is 0.744. The van der Waals surface area contributed by atoms with Gasteiger partial charge < -0.3 is 10.3 Å². The van der Waals surface area contributed by atoms with Crippen LogP contribution in [0.25, 0.3) is 11.3 Å². The van der Waals surface area contributed by atoms with Crippen molar-refractivity contribution in [2.75, 3.05) is 5.73 Å². The zero-order chi connectivity index (χ0) is 10.1. The highest BCUT2D eigenvalue weighted by molar-refractivity contribution is 5.64. The maximum atomic E-state index is 5.60. The first-order chi connectivity index (χ1) is 6.68. The van der Waals surface area contributed by atoms with Crippen LogP contribution in [-0.2, 0) is 0 Å². The van der Waals surface area contributed by atoms with Crippen LogP contribution >= 0.6 is 0 Å². The molecule has 0 aromatic carbocycles. The van der Waals surface area contributed by atoms with Crippen LogP contribution in [0.5, 0.6) is 0 Å². The van der Waals surface area contributed by atoms with Gasteiger partial charge in [-0.05, 0) is 26.0 Å². The molecule has 2 aromatic rings. The number of aromatic nitrogens is 2. The number of nitrogens with two attached hydrogens (primary N) is 1. The van der Waals surface area contributed by atoms with Crippen LogP contribution in [0.3, 0.4) is 0 Å². The molecular formula is C10H11N3O. The van der Waals surface area contributed by atoms with E-state index < -0.39 is 0 Å². The molecule has 2 heterocycles. The Kier molecular flexibility index (Phi) is 1.96. The van der Waals surface area contributed by atoms with E-state index in [4.69, 9.17) is 10.3 Å². The number of nitrogen functional groups attached to an aromatic ring is 1. The molecule has 14 heavy (non-hydrogen) atoms. The predicted molar refractivity (Wildman–Crippen MR) is 53.6 cm³/mol. The first kappa shape index (κ1) is 8.74. The summed E-state index contributed by atoms with van der Waals surface area (Å²) in [5.41, 5.74) is 8.17. The molecule has 4 heteroatoms. The van der Waals surface area contributed by atoms with Crippen molar-refractivity contribution < 1.29 is 4.52 Å². The molecule has 2 rings (SSSR count). The van der Waals surface area contributed by atoms with Gasteiger partial charge in [0.15, 0.2) is 0 Å². The minimum Gasteiger partial charge on any atom is -0.384 e. The fourth-order valence-electron chi connectivity index (χ4n) is 1.44. The van der Waals surface area contributed by atoms with E-state index >= 15 is 0 Å². The molecule has 0 aliphatic carbocycles. The lowest BCUT2D eigenvalue weighted by atomic mass is 10.1. The van der Waals surface area contributed by atoms with Crippen LogP contribution in [0.4, 0.5) is 5.82 Å². The van der Waals surface area contributed by atoms with E-state index in [9.17, 15) is 0 Å². The summed E-state index contributed by atoms with van der Waals surface area (Å²) in [5.74, 6) is 1.27. The van der Waals surface area contributed by atoms with Gasteiger partial charge in [0.05, 0.1) is 17.0 Å². The summed E-state index contributed by atoms with van der Waals surface area (Å²) in [6, 6.07) is 5.51. The lowest BCUT2D eigenvalue weighted by molar-refractivity contribution is 0.393. The molecule has 0 spiro atoms. The Labute approximate surface area is 81.7 Å². The van der Waals surface area contributed by atoms with Gasteiger partial charge in [-0.3, -0.25) is 0 Å². The molecule has 2 aromatic heterocycles. The molecule has 0 aliphatic heterocycles. The largest absolute Gasteiger partial charge is 0.384 e. The molecule has 0 radical (unpaired) electrons. The lowest BCUT2D eigenvalue weighted by Crippen LogP contribution is -1.92. The van der Waals surface area contributed by atoms with E-state index in [1.165, 1.54) is 0 Å². The van der Waals surface area contributed by atoms with E-state index in [-0.39, 0.29) is 0 Å². The molecule has 0 saturated heterocycles. The summed E-state index contributed by atoms with van der Waals surface area (Å²) in [6.45, 7) is 3.75. The highest BCUT2D eigenvalue weighted by Gasteiger charge is 2.12. The van der Waals surface area contributed by atoms with E-state index in [0.29, 0.717) is 5.82 Å². The summed E-state index contributed by atoms with van der Waals surface area (Å²) >= 11 is 0. The number of anilines is 1. The summed E-state index contributed by atoms with van der Waals surface area (Å²) in [4.78, 5) is 4.22. The molecule has 0 saturated carbocycles. The molecule has 72 valence electrons. The van der Waals surface area contributed by atoms with Crippen LogP contribution in [0.2, 0.25) is 0 Å². The van der Waals surface area contributed by atoms with Crippen LogP contribution < -0.4 is 5.73 Å². The lowest BCUT2D eigenvalue weighted by Gasteiger charge is -1.99. The van der Waals surface area contributed by atoms with E-state index in [2.05, 4.69) is 10.1 Å². The van der Waals surface area contributed by atoms with Gasteiger partial charge in [-0.1, -0.05) is 11.2 Å². The number of rotatable bonds is 1. The normalized spacial score (nSPS) is 10.4. The standard InChI is InChI=1S/C10H11N3O/c1-6-10(7(2)14-13-6)8-4-3-5-9(11)12-8/h3-5H,1-2H3,(H2,11,12). The Morgan fingerprint density at radius 3 is 2.64 bits per heavy atom. The first-order valence-corrected chi connectivity index (χ1v) is 4.34. The van der Waals surface area contributed by atoms with Gasteiger partial charge in [-0.25, -0.2) is 4.98 Å². The maximum Gasteiger partial charge on any atom is 0.143 e. The van der Waals surface area contributed by atoms with Crippen molar-refractivity contribution in [3.05, 3.63) is 29.7 Å². The summed E-state index contributed by atoms with van der Waals surface area (Å²) in [5, 5.41) is 3.87. The average Bonchev–Trinajstić information content (AvgIpc) is 2.46. The van der Waals surface area contributed by atoms with Gasteiger partial charge in [0.1, 0.15) is 11.6 Å². The topological polar surface area (TPSA) is 64.9 Å². The van der Waals surface area contributed by atoms with E-state index in [1.807, 2.05) is 26.0 Å². The van der Waals surface area contributed by atoms with Gasteiger partial charge in [0.25, 0.3) is 0 Å². The van der Waals surface area contributed by atoms with Crippen molar-refractivity contribution in [1.29, 1.82) is 0 Å². The van der Waals surface area contributed by atoms with Crippen LogP contribution in [-0.4, -0.2) is 10.1 Å². The second-order valence-corrected chi connectivity index (χ2v) is 3.15. The third kappa shape index (κ3) is 1.35. The molecule has 0 unspecified atom stereocenters. The predicted octanol–water partition coefficient (Wildman–Crippen LogP) is 1.94.